The van der Waals surface area contributed by atoms with E-state index < -0.39 is 20.7 Å². The van der Waals surface area contributed by atoms with Crippen LogP contribution >= 0.6 is 0 Å². The molecule has 0 unspecified atom stereocenters. The fourth-order valence-electron chi connectivity index (χ4n) is 1.85. The zero-order valence-corrected chi connectivity index (χ0v) is 12.4. The van der Waals surface area contributed by atoms with Crippen LogP contribution in [0.1, 0.15) is 17.8 Å². The van der Waals surface area contributed by atoms with Crippen molar-refractivity contribution in [3.8, 4) is 0 Å². The van der Waals surface area contributed by atoms with E-state index in [1.165, 1.54) is 0 Å². The van der Waals surface area contributed by atoms with Gasteiger partial charge in [-0.25, -0.2) is 22.5 Å². The Hall–Kier alpha value is -1.93. The predicted octanol–water partition coefficient (Wildman–Crippen LogP) is 1.35. The number of hydrogen-bond acceptors (Lipinski definition) is 4. The molecule has 21 heavy (non-hydrogen) atoms. The molecule has 1 aromatic heterocycles. The largest absolute Gasteiger partial charge is 0.398 e. The topological polar surface area (TPSA) is 101 Å². The lowest BCUT2D eigenvalue weighted by molar-refractivity contribution is 0.555. The van der Waals surface area contributed by atoms with Crippen molar-refractivity contribution in [3.63, 3.8) is 0 Å². The molecule has 114 valence electrons. The smallest absolute Gasteiger partial charge is 0.243 e. The van der Waals surface area contributed by atoms with Gasteiger partial charge in [-0.15, -0.1) is 0 Å². The Morgan fingerprint density at radius 1 is 1.43 bits per heavy atom. The Bertz CT molecular complexity index is 714. The Balaban J connectivity index is 2.00. The van der Waals surface area contributed by atoms with Crippen LogP contribution in [0.5, 0.6) is 0 Å². The highest BCUT2D eigenvalue weighted by molar-refractivity contribution is 7.89. The van der Waals surface area contributed by atoms with Crippen molar-refractivity contribution >= 4 is 15.7 Å². The number of nitrogens with two attached hydrogens (primary N) is 1. The Morgan fingerprint density at radius 2 is 2.19 bits per heavy atom. The molecule has 0 amide bonds. The first-order valence-corrected chi connectivity index (χ1v) is 7.92. The third-order valence-electron chi connectivity index (χ3n) is 3.05. The van der Waals surface area contributed by atoms with E-state index in [0.717, 1.165) is 18.0 Å². The number of halogens is 1. The number of aromatic amines is 1. The summed E-state index contributed by atoms with van der Waals surface area (Å²) in [4.78, 5) is 6.53. The van der Waals surface area contributed by atoms with Crippen LogP contribution in [0, 0.1) is 12.7 Å². The molecule has 0 bridgehead atoms. The average Bonchev–Trinajstić information content (AvgIpc) is 2.92. The van der Waals surface area contributed by atoms with Crippen molar-refractivity contribution < 1.29 is 12.8 Å². The maximum absolute atomic E-state index is 13.8. The molecule has 8 heteroatoms. The summed E-state index contributed by atoms with van der Waals surface area (Å²) < 4.78 is 40.2. The van der Waals surface area contributed by atoms with Crippen LogP contribution in [0.4, 0.5) is 10.1 Å². The van der Waals surface area contributed by atoms with Gasteiger partial charge in [0.25, 0.3) is 0 Å². The van der Waals surface area contributed by atoms with Gasteiger partial charge < -0.3 is 10.7 Å². The molecular formula is C13H17FN4O2S. The Kier molecular flexibility index (Phi) is 4.59. The van der Waals surface area contributed by atoms with E-state index in [0.29, 0.717) is 18.4 Å². The molecular weight excluding hydrogens is 295 g/mol. The SMILES string of the molecule is Cc1cc(F)c(S(=O)(=O)NCCCc2ncc[nH]2)cc1N. The number of aryl methyl sites for hydroxylation is 2. The van der Waals surface area contributed by atoms with Crippen molar-refractivity contribution in [2.75, 3.05) is 12.3 Å². The van der Waals surface area contributed by atoms with Crippen LogP contribution in [-0.4, -0.2) is 24.9 Å². The first-order chi connectivity index (χ1) is 9.90. The maximum atomic E-state index is 13.8. The second-order valence-corrected chi connectivity index (χ2v) is 6.41. The van der Waals surface area contributed by atoms with Crippen molar-refractivity contribution in [2.24, 2.45) is 0 Å². The Labute approximate surface area is 122 Å². The van der Waals surface area contributed by atoms with E-state index in [9.17, 15) is 12.8 Å². The molecule has 0 aliphatic carbocycles. The number of aromatic nitrogens is 2. The molecule has 0 fully saturated rings. The van der Waals surface area contributed by atoms with Gasteiger partial charge in [-0.1, -0.05) is 0 Å². The molecule has 0 radical (unpaired) electrons. The zero-order valence-electron chi connectivity index (χ0n) is 11.6. The van der Waals surface area contributed by atoms with E-state index in [4.69, 9.17) is 5.73 Å². The number of nitrogens with one attached hydrogen (secondary N) is 2. The van der Waals surface area contributed by atoms with Gasteiger partial charge in [-0.05, 0) is 31.0 Å². The highest BCUT2D eigenvalue weighted by Crippen LogP contribution is 2.21. The molecule has 0 saturated heterocycles. The van der Waals surface area contributed by atoms with E-state index in [1.807, 2.05) is 0 Å². The van der Waals surface area contributed by atoms with Gasteiger partial charge in [0.2, 0.25) is 10.0 Å². The quantitative estimate of drug-likeness (QED) is 0.553. The highest BCUT2D eigenvalue weighted by Gasteiger charge is 2.19. The molecule has 0 aliphatic rings. The van der Waals surface area contributed by atoms with Gasteiger partial charge >= 0.3 is 0 Å². The molecule has 6 nitrogen and oxygen atoms in total. The van der Waals surface area contributed by atoms with Crippen molar-refractivity contribution in [1.29, 1.82) is 0 Å². The molecule has 2 rings (SSSR count). The summed E-state index contributed by atoms with van der Waals surface area (Å²) in [6, 6.07) is 2.26. The summed E-state index contributed by atoms with van der Waals surface area (Å²) in [5, 5.41) is 0. The second-order valence-electron chi connectivity index (χ2n) is 4.68. The first-order valence-electron chi connectivity index (χ1n) is 6.43. The maximum Gasteiger partial charge on any atom is 0.243 e. The molecule has 0 atom stereocenters. The van der Waals surface area contributed by atoms with Gasteiger partial charge in [0, 0.05) is 31.0 Å². The van der Waals surface area contributed by atoms with E-state index >= 15 is 0 Å². The van der Waals surface area contributed by atoms with Crippen LogP contribution < -0.4 is 10.5 Å². The number of sulfonamides is 1. The number of nitrogens with zero attached hydrogens (tertiary/aromatic N) is 1. The van der Waals surface area contributed by atoms with Gasteiger partial charge in [0.05, 0.1) is 0 Å². The minimum absolute atomic E-state index is 0.191. The third-order valence-corrected chi connectivity index (χ3v) is 4.52. The van der Waals surface area contributed by atoms with E-state index in [2.05, 4.69) is 14.7 Å². The molecule has 4 N–H and O–H groups in total. The zero-order chi connectivity index (χ0) is 15.5. The summed E-state index contributed by atoms with van der Waals surface area (Å²) in [7, 11) is -3.91. The number of H-pyrrole nitrogens is 1. The fraction of sp³-hybridized carbons (Fsp3) is 0.308. The number of imidazole rings is 1. The predicted molar refractivity (Wildman–Crippen MR) is 77.6 cm³/mol. The van der Waals surface area contributed by atoms with Crippen LogP contribution in [0.25, 0.3) is 0 Å². The number of rotatable bonds is 6. The first kappa shape index (κ1) is 15.5. The van der Waals surface area contributed by atoms with Gasteiger partial charge in [-0.2, -0.15) is 0 Å². The molecule has 0 saturated carbocycles. The summed E-state index contributed by atoms with van der Waals surface area (Å²) in [5.74, 6) is -0.0276. The Morgan fingerprint density at radius 3 is 2.86 bits per heavy atom. The summed E-state index contributed by atoms with van der Waals surface area (Å²) >= 11 is 0. The second kappa shape index (κ2) is 6.23. The van der Waals surface area contributed by atoms with Crippen molar-refractivity contribution in [1.82, 2.24) is 14.7 Å². The lowest BCUT2D eigenvalue weighted by Crippen LogP contribution is -2.26. The van der Waals surface area contributed by atoms with E-state index in [1.54, 1.807) is 19.3 Å². The van der Waals surface area contributed by atoms with Crippen LogP contribution in [-0.2, 0) is 16.4 Å². The molecule has 0 spiro atoms. The monoisotopic (exact) mass is 312 g/mol. The number of hydrogen-bond donors (Lipinski definition) is 3. The number of anilines is 1. The minimum Gasteiger partial charge on any atom is -0.398 e. The normalized spacial score (nSPS) is 11.7. The van der Waals surface area contributed by atoms with Gasteiger partial charge in [-0.3, -0.25) is 0 Å². The molecule has 2 aromatic rings. The van der Waals surface area contributed by atoms with E-state index in [-0.39, 0.29) is 12.2 Å². The summed E-state index contributed by atoms with van der Waals surface area (Å²) in [6.07, 6.45) is 4.48. The lowest BCUT2D eigenvalue weighted by Gasteiger charge is -2.09. The van der Waals surface area contributed by atoms with Crippen molar-refractivity contribution in [3.05, 3.63) is 41.7 Å². The number of benzene rings is 1. The van der Waals surface area contributed by atoms with Gasteiger partial charge in [0.15, 0.2) is 0 Å². The molecule has 0 aliphatic heterocycles. The summed E-state index contributed by atoms with van der Waals surface area (Å²) in [5.41, 5.74) is 6.38. The average molecular weight is 312 g/mol. The van der Waals surface area contributed by atoms with Crippen LogP contribution in [0.15, 0.2) is 29.4 Å². The lowest BCUT2D eigenvalue weighted by atomic mass is 10.2. The standard InChI is InChI=1S/C13H17FN4O2S/c1-9-7-10(14)12(8-11(9)15)21(19,20)18-4-2-3-13-16-5-6-17-13/h5-8,18H,2-4,15H2,1H3,(H,16,17). The molecule has 1 aromatic carbocycles. The number of nitrogen functional groups attached to an aromatic ring is 1. The molecule has 1 heterocycles. The van der Waals surface area contributed by atoms with Gasteiger partial charge in [0.1, 0.15) is 16.5 Å². The minimum atomic E-state index is -3.91. The third kappa shape index (κ3) is 3.79. The fourth-order valence-corrected chi connectivity index (χ4v) is 3.02. The van der Waals surface area contributed by atoms with Crippen LogP contribution in [0.2, 0.25) is 0 Å². The highest BCUT2D eigenvalue weighted by atomic mass is 32.2. The summed E-state index contributed by atoms with van der Waals surface area (Å²) in [6.45, 7) is 1.81. The van der Waals surface area contributed by atoms with Crippen molar-refractivity contribution in [2.45, 2.75) is 24.7 Å². The van der Waals surface area contributed by atoms with Crippen LogP contribution in [0.3, 0.4) is 0 Å².